The van der Waals surface area contributed by atoms with E-state index in [0.29, 0.717) is 0 Å². The van der Waals surface area contributed by atoms with Gasteiger partial charge in [-0.1, -0.05) is 6.07 Å². The molecule has 1 unspecified atom stereocenters. The monoisotopic (exact) mass is 303 g/mol. The van der Waals surface area contributed by atoms with Crippen molar-refractivity contribution in [2.24, 2.45) is 5.73 Å². The van der Waals surface area contributed by atoms with Crippen LogP contribution in [0, 0.1) is 17.0 Å². The number of nitro benzene ring substituents is 1. The van der Waals surface area contributed by atoms with E-state index in [1.165, 1.54) is 25.1 Å². The molecule has 1 amide bonds. The van der Waals surface area contributed by atoms with Gasteiger partial charge in [-0.15, -0.1) is 0 Å². The molecule has 0 saturated carbocycles. The lowest BCUT2D eigenvalue weighted by Gasteiger charge is -2.11. The molecule has 1 aromatic carbocycles. The van der Waals surface area contributed by atoms with E-state index in [-0.39, 0.29) is 16.1 Å². The molecule has 1 aromatic rings. The fourth-order valence-electron chi connectivity index (χ4n) is 1.46. The summed E-state index contributed by atoms with van der Waals surface area (Å²) in [5.41, 5.74) is 4.40. The third kappa shape index (κ3) is 3.50. The predicted octanol–water partition coefficient (Wildman–Crippen LogP) is -0.972. The number of sulfonamides is 1. The van der Waals surface area contributed by atoms with Crippen LogP contribution in [-0.2, 0) is 14.8 Å². The molecule has 0 fully saturated rings. The molecule has 0 aromatic heterocycles. The maximum atomic E-state index is 12.0. The van der Waals surface area contributed by atoms with Gasteiger partial charge in [0.05, 0.1) is 9.82 Å². The van der Waals surface area contributed by atoms with Crippen molar-refractivity contribution in [3.63, 3.8) is 0 Å². The highest BCUT2D eigenvalue weighted by Crippen LogP contribution is 2.24. The molecule has 0 heterocycles. The summed E-state index contributed by atoms with van der Waals surface area (Å²) in [4.78, 5) is 20.4. The molecule has 0 aliphatic heterocycles. The minimum atomic E-state index is -4.10. The first-order valence-electron chi connectivity index (χ1n) is 5.38. The number of aliphatic hydroxyl groups is 1. The van der Waals surface area contributed by atoms with Gasteiger partial charge < -0.3 is 10.8 Å². The summed E-state index contributed by atoms with van der Waals surface area (Å²) in [6.07, 6.45) is -1.68. The van der Waals surface area contributed by atoms with Gasteiger partial charge in [-0.3, -0.25) is 14.9 Å². The maximum absolute atomic E-state index is 12.0. The predicted molar refractivity (Wildman–Crippen MR) is 68.2 cm³/mol. The number of carbonyl (C=O) groups excluding carboxylic acids is 1. The smallest absolute Gasteiger partial charge is 0.273 e. The number of benzene rings is 1. The fraction of sp³-hybridized carbons (Fsp3) is 0.300. The van der Waals surface area contributed by atoms with Gasteiger partial charge >= 0.3 is 0 Å². The lowest BCUT2D eigenvalue weighted by molar-refractivity contribution is -0.385. The normalized spacial score (nSPS) is 12.9. The summed E-state index contributed by atoms with van der Waals surface area (Å²) < 4.78 is 25.9. The number of nitro groups is 1. The Balaban J connectivity index is 3.08. The Bertz CT molecular complexity index is 642. The van der Waals surface area contributed by atoms with E-state index in [9.17, 15) is 23.3 Å². The van der Waals surface area contributed by atoms with Crippen LogP contribution < -0.4 is 10.5 Å². The Hall–Kier alpha value is -2.04. The third-order valence-corrected chi connectivity index (χ3v) is 4.10. The van der Waals surface area contributed by atoms with E-state index < -0.39 is 33.5 Å². The average molecular weight is 303 g/mol. The number of rotatable bonds is 6. The van der Waals surface area contributed by atoms with Crippen LogP contribution in [0.5, 0.6) is 0 Å². The number of nitrogens with one attached hydrogen (secondary N) is 1. The van der Waals surface area contributed by atoms with Gasteiger partial charge in [0, 0.05) is 18.2 Å². The van der Waals surface area contributed by atoms with Crippen LogP contribution in [-0.4, -0.2) is 37.0 Å². The van der Waals surface area contributed by atoms with Crippen molar-refractivity contribution in [2.45, 2.75) is 17.9 Å². The van der Waals surface area contributed by atoms with E-state index in [4.69, 9.17) is 10.8 Å². The number of hydrogen-bond acceptors (Lipinski definition) is 6. The molecule has 0 aliphatic carbocycles. The molecule has 1 atom stereocenters. The Kier molecular flexibility index (Phi) is 4.76. The zero-order valence-electron chi connectivity index (χ0n) is 10.4. The highest BCUT2D eigenvalue weighted by molar-refractivity contribution is 7.89. The zero-order chi connectivity index (χ0) is 15.5. The van der Waals surface area contributed by atoms with Crippen LogP contribution in [0.2, 0.25) is 0 Å². The van der Waals surface area contributed by atoms with Crippen LogP contribution in [0.4, 0.5) is 5.69 Å². The zero-order valence-corrected chi connectivity index (χ0v) is 11.3. The first kappa shape index (κ1) is 16.0. The van der Waals surface area contributed by atoms with Crippen molar-refractivity contribution in [1.29, 1.82) is 0 Å². The Morgan fingerprint density at radius 3 is 2.65 bits per heavy atom. The molecular formula is C10H13N3O6S. The fourth-order valence-corrected chi connectivity index (χ4v) is 2.76. The third-order valence-electron chi connectivity index (χ3n) is 2.54. The van der Waals surface area contributed by atoms with E-state index in [2.05, 4.69) is 0 Å². The van der Waals surface area contributed by atoms with E-state index in [0.717, 1.165) is 0 Å². The van der Waals surface area contributed by atoms with Crippen molar-refractivity contribution < 1.29 is 23.2 Å². The van der Waals surface area contributed by atoms with E-state index >= 15 is 0 Å². The molecule has 1 rings (SSSR count). The van der Waals surface area contributed by atoms with E-state index in [1.807, 2.05) is 4.72 Å². The second-order valence-electron chi connectivity index (χ2n) is 3.93. The van der Waals surface area contributed by atoms with Crippen LogP contribution in [0.3, 0.4) is 0 Å². The number of primary amides is 1. The number of amides is 1. The second-order valence-corrected chi connectivity index (χ2v) is 5.66. The summed E-state index contributed by atoms with van der Waals surface area (Å²) in [5, 5.41) is 19.9. The largest absolute Gasteiger partial charge is 0.382 e. The summed E-state index contributed by atoms with van der Waals surface area (Å²) in [7, 11) is -4.10. The molecule has 4 N–H and O–H groups in total. The first-order valence-corrected chi connectivity index (χ1v) is 6.86. The van der Waals surface area contributed by atoms with Gasteiger partial charge in [-0.05, 0) is 13.0 Å². The van der Waals surface area contributed by atoms with Crippen molar-refractivity contribution >= 4 is 21.6 Å². The van der Waals surface area contributed by atoms with Crippen LogP contribution in [0.15, 0.2) is 23.1 Å². The topological polar surface area (TPSA) is 153 Å². The molecular weight excluding hydrogens is 290 g/mol. The van der Waals surface area contributed by atoms with Crippen LogP contribution in [0.1, 0.15) is 5.56 Å². The van der Waals surface area contributed by atoms with Crippen LogP contribution in [0.25, 0.3) is 0 Å². The molecule has 0 saturated heterocycles. The number of carbonyl (C=O) groups is 1. The van der Waals surface area contributed by atoms with Gasteiger partial charge in [0.25, 0.3) is 5.69 Å². The minimum Gasteiger partial charge on any atom is -0.382 e. The minimum absolute atomic E-state index is 0.0430. The summed E-state index contributed by atoms with van der Waals surface area (Å²) in [6.45, 7) is 0.678. The SMILES string of the molecule is Cc1c([N+](=O)[O-])cccc1S(=O)(=O)NCC(O)C(N)=O. The Morgan fingerprint density at radius 1 is 1.55 bits per heavy atom. The summed E-state index contributed by atoms with van der Waals surface area (Å²) >= 11 is 0. The molecule has 0 bridgehead atoms. The highest BCUT2D eigenvalue weighted by atomic mass is 32.2. The number of aliphatic hydroxyl groups excluding tert-OH is 1. The number of nitrogens with two attached hydrogens (primary N) is 1. The van der Waals surface area contributed by atoms with Crippen LogP contribution >= 0.6 is 0 Å². The number of nitrogens with zero attached hydrogens (tertiary/aromatic N) is 1. The van der Waals surface area contributed by atoms with Crippen molar-refractivity contribution in [3.8, 4) is 0 Å². The van der Waals surface area contributed by atoms with Gasteiger partial charge in [-0.2, -0.15) is 0 Å². The quantitative estimate of drug-likeness (QED) is 0.454. The molecule has 10 heteroatoms. The summed E-state index contributed by atoms with van der Waals surface area (Å²) in [5.74, 6) is -1.08. The Morgan fingerprint density at radius 2 is 2.15 bits per heavy atom. The maximum Gasteiger partial charge on any atom is 0.273 e. The number of hydrogen-bond donors (Lipinski definition) is 3. The molecule has 0 aliphatic rings. The average Bonchev–Trinajstić information content (AvgIpc) is 2.35. The lowest BCUT2D eigenvalue weighted by Crippen LogP contribution is -2.40. The lowest BCUT2D eigenvalue weighted by atomic mass is 10.2. The highest BCUT2D eigenvalue weighted by Gasteiger charge is 2.24. The standard InChI is InChI=1S/C10H13N3O6S/c1-6-7(13(16)17)3-2-4-9(6)20(18,19)12-5-8(14)10(11)15/h2-4,8,12,14H,5H2,1H3,(H2,11,15). The van der Waals surface area contributed by atoms with E-state index in [1.54, 1.807) is 0 Å². The molecule has 20 heavy (non-hydrogen) atoms. The summed E-state index contributed by atoms with van der Waals surface area (Å²) in [6, 6.07) is 3.58. The van der Waals surface area contributed by atoms with Gasteiger partial charge in [0.15, 0.2) is 0 Å². The van der Waals surface area contributed by atoms with Gasteiger partial charge in [-0.25, -0.2) is 13.1 Å². The van der Waals surface area contributed by atoms with Crippen molar-refractivity contribution in [1.82, 2.24) is 4.72 Å². The second kappa shape index (κ2) is 5.94. The molecule has 0 spiro atoms. The molecule has 0 radical (unpaired) electrons. The van der Waals surface area contributed by atoms with Gasteiger partial charge in [0.2, 0.25) is 15.9 Å². The molecule has 9 nitrogen and oxygen atoms in total. The van der Waals surface area contributed by atoms with Gasteiger partial charge in [0.1, 0.15) is 6.10 Å². The first-order chi connectivity index (χ1) is 9.16. The van der Waals surface area contributed by atoms with Crippen molar-refractivity contribution in [2.75, 3.05) is 6.54 Å². The molecule has 110 valence electrons. The van der Waals surface area contributed by atoms with Crippen molar-refractivity contribution in [3.05, 3.63) is 33.9 Å². The Labute approximate surface area is 114 Å².